The van der Waals surface area contributed by atoms with Crippen molar-refractivity contribution >= 4 is 34.1 Å². The zero-order chi connectivity index (χ0) is 16.5. The second-order valence-electron chi connectivity index (χ2n) is 6.40. The van der Waals surface area contributed by atoms with Gasteiger partial charge in [-0.2, -0.15) is 0 Å². The lowest BCUT2D eigenvalue weighted by Crippen LogP contribution is -2.23. The maximum Gasteiger partial charge on any atom is 0.0670 e. The molecule has 3 aromatic rings. The van der Waals surface area contributed by atoms with Gasteiger partial charge in [-0.05, 0) is 49.7 Å². The molecule has 1 saturated heterocycles. The topological polar surface area (TPSA) is 8.17 Å². The summed E-state index contributed by atoms with van der Waals surface area (Å²) in [5, 5.41) is 2.44. The summed E-state index contributed by atoms with van der Waals surface area (Å²) in [5.74, 6) is 0. The molecular weight excluding hydrogens is 339 g/mol. The predicted molar refractivity (Wildman–Crippen MR) is 103 cm³/mol. The highest BCUT2D eigenvalue weighted by Gasteiger charge is 2.14. The Bertz CT molecular complexity index is 863. The Morgan fingerprint density at radius 2 is 1.58 bits per heavy atom. The van der Waals surface area contributed by atoms with Gasteiger partial charge in [-0.25, -0.2) is 0 Å². The highest BCUT2D eigenvalue weighted by Crippen LogP contribution is 2.37. The van der Waals surface area contributed by atoms with Crippen LogP contribution in [0, 0.1) is 0 Å². The Morgan fingerprint density at radius 1 is 0.833 bits per heavy atom. The van der Waals surface area contributed by atoms with E-state index in [1.54, 1.807) is 0 Å². The lowest BCUT2D eigenvalue weighted by molar-refractivity contribution is 0.324. The van der Waals surface area contributed by atoms with E-state index in [-0.39, 0.29) is 0 Å². The van der Waals surface area contributed by atoms with E-state index in [4.69, 9.17) is 23.2 Å². The Labute approximate surface area is 152 Å². The van der Waals surface area contributed by atoms with Gasteiger partial charge in [0.25, 0.3) is 0 Å². The molecule has 4 rings (SSSR count). The molecular formula is C20H20Cl2N2. The standard InChI is InChI=1S/C20H20Cl2N2/c21-18-7-3-6-17(20(18)22)15-5-4-8-19-16(15)9-12-24(19)14-13-23-10-1-2-11-23/h3-9,12H,1-2,10-11,13-14H2. The number of aromatic nitrogens is 1. The van der Waals surface area contributed by atoms with Crippen LogP contribution in [0.25, 0.3) is 22.0 Å². The fraction of sp³-hybridized carbons (Fsp3) is 0.300. The third-order valence-corrected chi connectivity index (χ3v) is 5.73. The maximum absolute atomic E-state index is 6.44. The molecule has 0 N–H and O–H groups in total. The van der Waals surface area contributed by atoms with E-state index in [1.807, 2.05) is 18.2 Å². The van der Waals surface area contributed by atoms with Crippen LogP contribution in [0.1, 0.15) is 12.8 Å². The van der Waals surface area contributed by atoms with Crippen LogP contribution in [-0.4, -0.2) is 29.1 Å². The molecule has 1 aliphatic heterocycles. The molecule has 4 heteroatoms. The molecule has 2 aromatic carbocycles. The highest BCUT2D eigenvalue weighted by atomic mass is 35.5. The monoisotopic (exact) mass is 358 g/mol. The quantitative estimate of drug-likeness (QED) is 0.579. The summed E-state index contributed by atoms with van der Waals surface area (Å²) in [6.45, 7) is 4.62. The molecule has 1 aliphatic rings. The van der Waals surface area contributed by atoms with E-state index in [9.17, 15) is 0 Å². The summed E-state index contributed by atoms with van der Waals surface area (Å²) in [6, 6.07) is 14.4. The van der Waals surface area contributed by atoms with Crippen molar-refractivity contribution in [1.29, 1.82) is 0 Å². The van der Waals surface area contributed by atoms with Gasteiger partial charge in [0, 0.05) is 35.8 Å². The van der Waals surface area contributed by atoms with Crippen molar-refractivity contribution in [1.82, 2.24) is 9.47 Å². The lowest BCUT2D eigenvalue weighted by Gasteiger charge is -2.15. The van der Waals surface area contributed by atoms with Gasteiger partial charge in [0.15, 0.2) is 0 Å². The molecule has 0 amide bonds. The van der Waals surface area contributed by atoms with Crippen molar-refractivity contribution in [2.75, 3.05) is 19.6 Å². The molecule has 0 unspecified atom stereocenters. The summed E-state index contributed by atoms with van der Waals surface area (Å²) in [5.41, 5.74) is 3.38. The van der Waals surface area contributed by atoms with Crippen molar-refractivity contribution in [2.24, 2.45) is 0 Å². The maximum atomic E-state index is 6.44. The third-order valence-electron chi connectivity index (χ3n) is 4.91. The highest BCUT2D eigenvalue weighted by molar-refractivity contribution is 6.43. The molecule has 1 fully saturated rings. The van der Waals surface area contributed by atoms with Gasteiger partial charge in [-0.15, -0.1) is 0 Å². The minimum absolute atomic E-state index is 0.597. The number of hydrogen-bond donors (Lipinski definition) is 0. The Hall–Kier alpha value is -1.48. The van der Waals surface area contributed by atoms with Crippen LogP contribution in [0.3, 0.4) is 0 Å². The smallest absolute Gasteiger partial charge is 0.0670 e. The number of nitrogens with zero attached hydrogens (tertiary/aromatic N) is 2. The number of benzene rings is 2. The van der Waals surface area contributed by atoms with E-state index in [1.165, 1.54) is 36.8 Å². The first-order valence-corrected chi connectivity index (χ1v) is 9.24. The van der Waals surface area contributed by atoms with Crippen molar-refractivity contribution < 1.29 is 0 Å². The van der Waals surface area contributed by atoms with E-state index >= 15 is 0 Å². The van der Waals surface area contributed by atoms with Crippen molar-refractivity contribution in [3.8, 4) is 11.1 Å². The van der Waals surface area contributed by atoms with Crippen LogP contribution < -0.4 is 0 Å². The van der Waals surface area contributed by atoms with Gasteiger partial charge in [0.2, 0.25) is 0 Å². The predicted octanol–water partition coefficient (Wildman–Crippen LogP) is 5.71. The SMILES string of the molecule is Clc1cccc(-c2cccc3c2ccn3CCN2CCCC2)c1Cl. The van der Waals surface area contributed by atoms with Gasteiger partial charge in [-0.3, -0.25) is 0 Å². The molecule has 0 radical (unpaired) electrons. The molecule has 0 aliphatic carbocycles. The second kappa shape index (κ2) is 6.79. The molecule has 2 nitrogen and oxygen atoms in total. The summed E-state index contributed by atoms with van der Waals surface area (Å²) in [6.07, 6.45) is 4.86. The van der Waals surface area contributed by atoms with E-state index in [2.05, 4.69) is 39.9 Å². The minimum Gasteiger partial charge on any atom is -0.346 e. The summed E-state index contributed by atoms with van der Waals surface area (Å²) in [4.78, 5) is 2.55. The molecule has 2 heterocycles. The molecule has 1 aromatic heterocycles. The zero-order valence-electron chi connectivity index (χ0n) is 13.5. The van der Waals surface area contributed by atoms with Gasteiger partial charge >= 0.3 is 0 Å². The average molecular weight is 359 g/mol. The number of likely N-dealkylation sites (tertiary alicyclic amines) is 1. The summed E-state index contributed by atoms with van der Waals surface area (Å²) in [7, 11) is 0. The third kappa shape index (κ3) is 2.95. The van der Waals surface area contributed by atoms with E-state index in [0.717, 1.165) is 24.2 Å². The van der Waals surface area contributed by atoms with Crippen LogP contribution in [0.15, 0.2) is 48.7 Å². The molecule has 124 valence electrons. The second-order valence-corrected chi connectivity index (χ2v) is 7.18. The van der Waals surface area contributed by atoms with Gasteiger partial charge < -0.3 is 9.47 Å². The van der Waals surface area contributed by atoms with E-state index < -0.39 is 0 Å². The zero-order valence-corrected chi connectivity index (χ0v) is 15.0. The summed E-state index contributed by atoms with van der Waals surface area (Å²) < 4.78 is 2.34. The Kier molecular flexibility index (Phi) is 4.53. The van der Waals surface area contributed by atoms with Crippen LogP contribution in [0.5, 0.6) is 0 Å². The normalized spacial score (nSPS) is 15.4. The van der Waals surface area contributed by atoms with E-state index in [0.29, 0.717) is 10.0 Å². The molecule has 24 heavy (non-hydrogen) atoms. The van der Waals surface area contributed by atoms with Crippen LogP contribution in [-0.2, 0) is 6.54 Å². The van der Waals surface area contributed by atoms with Gasteiger partial charge in [-0.1, -0.05) is 47.5 Å². The molecule has 0 saturated carbocycles. The fourth-order valence-electron chi connectivity index (χ4n) is 3.62. The number of fused-ring (bicyclic) bond motifs is 1. The largest absolute Gasteiger partial charge is 0.346 e. The lowest BCUT2D eigenvalue weighted by atomic mass is 10.0. The first-order chi connectivity index (χ1) is 11.7. The number of rotatable bonds is 4. The van der Waals surface area contributed by atoms with Gasteiger partial charge in [0.1, 0.15) is 0 Å². The van der Waals surface area contributed by atoms with Crippen LogP contribution in [0.4, 0.5) is 0 Å². The first-order valence-electron chi connectivity index (χ1n) is 8.48. The van der Waals surface area contributed by atoms with Crippen LogP contribution >= 0.6 is 23.2 Å². The molecule has 0 spiro atoms. The Morgan fingerprint density at radius 3 is 2.42 bits per heavy atom. The van der Waals surface area contributed by atoms with Crippen LogP contribution in [0.2, 0.25) is 10.0 Å². The minimum atomic E-state index is 0.597. The first kappa shape index (κ1) is 16.0. The average Bonchev–Trinajstić information content (AvgIpc) is 3.24. The van der Waals surface area contributed by atoms with Crippen molar-refractivity contribution in [3.63, 3.8) is 0 Å². The van der Waals surface area contributed by atoms with Crippen molar-refractivity contribution in [3.05, 3.63) is 58.7 Å². The molecule has 0 atom stereocenters. The Balaban J connectivity index is 1.69. The number of hydrogen-bond acceptors (Lipinski definition) is 1. The summed E-state index contributed by atoms with van der Waals surface area (Å²) >= 11 is 12.6. The molecule has 0 bridgehead atoms. The van der Waals surface area contributed by atoms with Gasteiger partial charge in [0.05, 0.1) is 10.0 Å². The van der Waals surface area contributed by atoms with Crippen molar-refractivity contribution in [2.45, 2.75) is 19.4 Å². The fourth-order valence-corrected chi connectivity index (χ4v) is 4.02. The number of halogens is 2.